The van der Waals surface area contributed by atoms with Crippen LogP contribution in [0.5, 0.6) is 5.75 Å². The second-order valence-corrected chi connectivity index (χ2v) is 3.66. The highest BCUT2D eigenvalue weighted by atomic mass is 35.5. The molecule has 0 bridgehead atoms. The summed E-state index contributed by atoms with van der Waals surface area (Å²) >= 11 is 5.86. The molecule has 86 valence electrons. The number of hydrogen-bond donors (Lipinski definition) is 2. The Balaban J connectivity index is 2.19. The van der Waals surface area contributed by atoms with Crippen LogP contribution in [0.15, 0.2) is 36.7 Å². The number of aromatic hydroxyl groups is 1. The molecule has 6 heteroatoms. The summed E-state index contributed by atoms with van der Waals surface area (Å²) < 4.78 is 0. The van der Waals surface area contributed by atoms with Gasteiger partial charge < -0.3 is 10.4 Å². The van der Waals surface area contributed by atoms with Crippen molar-refractivity contribution in [2.24, 2.45) is 0 Å². The second kappa shape index (κ2) is 4.80. The number of halogens is 1. The quantitative estimate of drug-likeness (QED) is 0.799. The van der Waals surface area contributed by atoms with Gasteiger partial charge in [-0.25, -0.2) is 0 Å². The van der Waals surface area contributed by atoms with E-state index in [1.165, 1.54) is 36.7 Å². The number of hydrogen-bond acceptors (Lipinski definition) is 4. The third kappa shape index (κ3) is 2.70. The Morgan fingerprint density at radius 3 is 2.76 bits per heavy atom. The van der Waals surface area contributed by atoms with E-state index in [0.717, 1.165) is 0 Å². The van der Waals surface area contributed by atoms with Crippen LogP contribution in [-0.2, 0) is 0 Å². The lowest BCUT2D eigenvalue weighted by molar-refractivity contribution is 0.102. The van der Waals surface area contributed by atoms with Crippen LogP contribution in [0.1, 0.15) is 10.4 Å². The van der Waals surface area contributed by atoms with Crippen molar-refractivity contribution in [2.45, 2.75) is 0 Å². The molecule has 0 aliphatic carbocycles. The number of phenolic OH excluding ortho intramolecular Hbond substituents is 1. The van der Waals surface area contributed by atoms with Crippen molar-refractivity contribution in [3.63, 3.8) is 0 Å². The minimum Gasteiger partial charge on any atom is -0.508 e. The number of phenols is 1. The summed E-state index contributed by atoms with van der Waals surface area (Å²) in [6.45, 7) is 0. The number of nitrogens with one attached hydrogen (secondary N) is 1. The number of aromatic nitrogens is 2. The highest BCUT2D eigenvalue weighted by Gasteiger charge is 2.08. The molecule has 2 N–H and O–H groups in total. The fraction of sp³-hybridized carbons (Fsp3) is 0. The minimum absolute atomic E-state index is 0.0403. The van der Waals surface area contributed by atoms with E-state index in [9.17, 15) is 9.90 Å². The molecule has 0 saturated heterocycles. The molecule has 2 aromatic rings. The van der Waals surface area contributed by atoms with Gasteiger partial charge in [-0.15, -0.1) is 0 Å². The number of nitrogens with zero attached hydrogens (tertiary/aromatic N) is 2. The predicted octanol–water partition coefficient (Wildman–Crippen LogP) is 2.09. The Hall–Kier alpha value is -2.14. The molecule has 2 rings (SSSR count). The molecule has 17 heavy (non-hydrogen) atoms. The van der Waals surface area contributed by atoms with Gasteiger partial charge in [0.05, 0.1) is 28.7 Å². The van der Waals surface area contributed by atoms with Crippen LogP contribution in [0, 0.1) is 0 Å². The average Bonchev–Trinajstić information content (AvgIpc) is 2.34. The van der Waals surface area contributed by atoms with Gasteiger partial charge in [-0.05, 0) is 18.2 Å². The average molecular weight is 250 g/mol. The maximum absolute atomic E-state index is 11.8. The molecule has 0 spiro atoms. The highest BCUT2D eigenvalue weighted by molar-refractivity contribution is 6.34. The lowest BCUT2D eigenvalue weighted by atomic mass is 10.2. The predicted molar refractivity (Wildman–Crippen MR) is 63.1 cm³/mol. The molecule has 0 atom stereocenters. The van der Waals surface area contributed by atoms with E-state index in [1.54, 1.807) is 0 Å². The summed E-state index contributed by atoms with van der Waals surface area (Å²) in [6, 6.07) is 5.84. The summed E-state index contributed by atoms with van der Waals surface area (Å²) in [5.41, 5.74) is 0.801. The van der Waals surface area contributed by atoms with Crippen molar-refractivity contribution in [1.29, 1.82) is 0 Å². The lowest BCUT2D eigenvalue weighted by Crippen LogP contribution is -2.12. The molecule has 1 aromatic heterocycles. The van der Waals surface area contributed by atoms with Gasteiger partial charge in [0, 0.05) is 6.07 Å². The summed E-state index contributed by atoms with van der Waals surface area (Å²) in [5, 5.41) is 19.2. The van der Waals surface area contributed by atoms with E-state index in [4.69, 9.17) is 11.6 Å². The van der Waals surface area contributed by atoms with Gasteiger partial charge in [-0.3, -0.25) is 4.79 Å². The topological polar surface area (TPSA) is 75.1 Å². The Morgan fingerprint density at radius 1 is 1.29 bits per heavy atom. The van der Waals surface area contributed by atoms with E-state index < -0.39 is 0 Å². The summed E-state index contributed by atoms with van der Waals surface area (Å²) in [6.07, 6.45) is 2.77. The smallest absolute Gasteiger partial charge is 0.257 e. The van der Waals surface area contributed by atoms with Gasteiger partial charge in [0.1, 0.15) is 5.75 Å². The number of carbonyl (C=O) groups excluding carboxylic acids is 1. The molecule has 1 aromatic carbocycles. The summed E-state index contributed by atoms with van der Waals surface area (Å²) in [7, 11) is 0. The van der Waals surface area contributed by atoms with Crippen molar-refractivity contribution < 1.29 is 9.90 Å². The first-order chi connectivity index (χ1) is 8.16. The number of anilines is 1. The molecular weight excluding hydrogens is 242 g/mol. The van der Waals surface area contributed by atoms with Crippen molar-refractivity contribution >= 4 is 23.2 Å². The third-order valence-corrected chi connectivity index (χ3v) is 2.36. The maximum Gasteiger partial charge on any atom is 0.257 e. The second-order valence-electron chi connectivity index (χ2n) is 3.25. The van der Waals surface area contributed by atoms with Crippen LogP contribution in [0.2, 0.25) is 5.02 Å². The first kappa shape index (κ1) is 11.3. The van der Waals surface area contributed by atoms with Gasteiger partial charge >= 0.3 is 0 Å². The maximum atomic E-state index is 11.8. The Labute approximate surface area is 102 Å². The van der Waals surface area contributed by atoms with Crippen LogP contribution in [0.4, 0.5) is 5.69 Å². The largest absolute Gasteiger partial charge is 0.508 e. The first-order valence-electron chi connectivity index (χ1n) is 4.73. The van der Waals surface area contributed by atoms with Gasteiger partial charge in [0.15, 0.2) is 0 Å². The van der Waals surface area contributed by atoms with Gasteiger partial charge in [0.25, 0.3) is 5.91 Å². The monoisotopic (exact) mass is 249 g/mol. The Morgan fingerprint density at radius 2 is 2.12 bits per heavy atom. The van der Waals surface area contributed by atoms with Crippen LogP contribution in [0.25, 0.3) is 0 Å². The number of carbonyl (C=O) groups is 1. The van der Waals surface area contributed by atoms with E-state index in [2.05, 4.69) is 15.5 Å². The molecule has 5 nitrogen and oxygen atoms in total. The van der Waals surface area contributed by atoms with Crippen LogP contribution in [0.3, 0.4) is 0 Å². The van der Waals surface area contributed by atoms with E-state index >= 15 is 0 Å². The highest BCUT2D eigenvalue weighted by Crippen LogP contribution is 2.26. The Kier molecular flexibility index (Phi) is 3.20. The Bertz CT molecular complexity index is 546. The van der Waals surface area contributed by atoms with E-state index in [1.807, 2.05) is 0 Å². The van der Waals surface area contributed by atoms with Gasteiger partial charge in [-0.1, -0.05) is 11.6 Å². The van der Waals surface area contributed by atoms with Crippen molar-refractivity contribution in [3.05, 3.63) is 47.2 Å². The van der Waals surface area contributed by atoms with Crippen LogP contribution < -0.4 is 5.32 Å². The van der Waals surface area contributed by atoms with Crippen molar-refractivity contribution in [3.8, 4) is 5.75 Å². The molecule has 1 amide bonds. The van der Waals surface area contributed by atoms with Gasteiger partial charge in [-0.2, -0.15) is 10.2 Å². The zero-order valence-corrected chi connectivity index (χ0v) is 9.35. The molecule has 0 saturated carbocycles. The molecule has 0 fully saturated rings. The normalized spacial score (nSPS) is 9.94. The zero-order valence-electron chi connectivity index (χ0n) is 8.59. The van der Waals surface area contributed by atoms with Gasteiger partial charge in [0.2, 0.25) is 0 Å². The fourth-order valence-corrected chi connectivity index (χ4v) is 1.45. The van der Waals surface area contributed by atoms with Crippen molar-refractivity contribution in [1.82, 2.24) is 10.2 Å². The minimum atomic E-state index is -0.340. The lowest BCUT2D eigenvalue weighted by Gasteiger charge is -2.06. The number of benzene rings is 1. The standard InChI is InChI=1S/C11H8ClN3O2/c12-9-5-8(16)1-2-10(9)15-11(17)7-3-4-13-14-6-7/h1-6,16H,(H,15,17). The number of amides is 1. The zero-order chi connectivity index (χ0) is 12.3. The van der Waals surface area contributed by atoms with E-state index in [0.29, 0.717) is 11.3 Å². The molecule has 0 aliphatic rings. The summed E-state index contributed by atoms with van der Waals surface area (Å²) in [4.78, 5) is 11.8. The van der Waals surface area contributed by atoms with Crippen molar-refractivity contribution in [2.75, 3.05) is 5.32 Å². The molecule has 0 aliphatic heterocycles. The van der Waals surface area contributed by atoms with Crippen LogP contribution in [-0.4, -0.2) is 21.2 Å². The number of rotatable bonds is 2. The molecule has 0 unspecified atom stereocenters. The summed E-state index contributed by atoms with van der Waals surface area (Å²) in [5.74, 6) is -0.300. The molecule has 1 heterocycles. The first-order valence-corrected chi connectivity index (χ1v) is 5.11. The molecule has 0 radical (unpaired) electrons. The fourth-order valence-electron chi connectivity index (χ4n) is 1.22. The third-order valence-electron chi connectivity index (χ3n) is 2.05. The molecular formula is C11H8ClN3O2. The van der Waals surface area contributed by atoms with E-state index in [-0.39, 0.29) is 16.7 Å². The van der Waals surface area contributed by atoms with Crippen LogP contribution >= 0.6 is 11.6 Å². The SMILES string of the molecule is O=C(Nc1ccc(O)cc1Cl)c1ccnnc1.